The fourth-order valence-corrected chi connectivity index (χ4v) is 2.16. The van der Waals surface area contributed by atoms with Crippen LogP contribution >= 0.6 is 0 Å². The largest absolute Gasteiger partial charge is 0.469 e. The Hall–Kier alpha value is -0.860. The van der Waals surface area contributed by atoms with Gasteiger partial charge in [-0.25, -0.2) is 0 Å². The van der Waals surface area contributed by atoms with Crippen LogP contribution in [0.25, 0.3) is 0 Å². The van der Waals surface area contributed by atoms with Crippen molar-refractivity contribution in [3.05, 3.63) is 0 Å². The number of hydrogen-bond donors (Lipinski definition) is 0. The first-order valence-electron chi connectivity index (χ1n) is 5.29. The van der Waals surface area contributed by atoms with Crippen LogP contribution in [-0.4, -0.2) is 19.4 Å². The van der Waals surface area contributed by atoms with E-state index in [4.69, 9.17) is 4.74 Å². The van der Waals surface area contributed by atoms with Crippen molar-refractivity contribution in [2.24, 2.45) is 11.8 Å². The number of esters is 1. The average molecular weight is 198 g/mol. The fourth-order valence-electron chi connectivity index (χ4n) is 2.16. The van der Waals surface area contributed by atoms with Crippen molar-refractivity contribution in [1.82, 2.24) is 0 Å². The first-order valence-corrected chi connectivity index (χ1v) is 5.29. The second kappa shape index (κ2) is 5.78. The predicted molar refractivity (Wildman–Crippen MR) is 52.8 cm³/mol. The van der Waals surface area contributed by atoms with Gasteiger partial charge < -0.3 is 9.53 Å². The lowest BCUT2D eigenvalue weighted by Crippen LogP contribution is -2.22. The second-order valence-corrected chi connectivity index (χ2v) is 3.98. The first-order chi connectivity index (χ1) is 6.77. The minimum Gasteiger partial charge on any atom is -0.469 e. The molecule has 1 rings (SSSR count). The zero-order valence-electron chi connectivity index (χ0n) is 8.70. The number of aldehydes is 1. The van der Waals surface area contributed by atoms with E-state index in [0.29, 0.717) is 12.3 Å². The van der Waals surface area contributed by atoms with Crippen molar-refractivity contribution >= 4 is 12.3 Å². The van der Waals surface area contributed by atoms with Crippen molar-refractivity contribution in [1.29, 1.82) is 0 Å². The quantitative estimate of drug-likeness (QED) is 0.512. The van der Waals surface area contributed by atoms with Gasteiger partial charge in [0.15, 0.2) is 0 Å². The molecule has 0 heterocycles. The topological polar surface area (TPSA) is 43.4 Å². The molecule has 1 aliphatic carbocycles. The number of carbonyl (C=O) groups is 2. The highest BCUT2D eigenvalue weighted by molar-refractivity contribution is 5.72. The Balaban J connectivity index is 2.24. The molecule has 80 valence electrons. The second-order valence-electron chi connectivity index (χ2n) is 3.98. The van der Waals surface area contributed by atoms with Crippen LogP contribution in [0.3, 0.4) is 0 Å². The number of carbonyl (C=O) groups excluding carboxylic acids is 2. The molecule has 0 aromatic carbocycles. The van der Waals surface area contributed by atoms with Crippen molar-refractivity contribution in [2.45, 2.75) is 38.5 Å². The molecule has 0 aromatic heterocycles. The van der Waals surface area contributed by atoms with Crippen LogP contribution in [0.2, 0.25) is 0 Å². The van der Waals surface area contributed by atoms with Crippen LogP contribution in [0.4, 0.5) is 0 Å². The molecular weight excluding hydrogens is 180 g/mol. The Morgan fingerprint density at radius 1 is 1.36 bits per heavy atom. The molecule has 0 N–H and O–H groups in total. The van der Waals surface area contributed by atoms with Crippen LogP contribution in [0.15, 0.2) is 0 Å². The average Bonchev–Trinajstić information content (AvgIpc) is 2.26. The summed E-state index contributed by atoms with van der Waals surface area (Å²) in [6.07, 6.45) is 6.60. The smallest absolute Gasteiger partial charge is 0.308 e. The lowest BCUT2D eigenvalue weighted by molar-refractivity contribution is -0.146. The molecule has 1 aliphatic rings. The molecule has 3 heteroatoms. The molecule has 3 nitrogen and oxygen atoms in total. The van der Waals surface area contributed by atoms with E-state index < -0.39 is 0 Å². The van der Waals surface area contributed by atoms with Gasteiger partial charge >= 0.3 is 5.97 Å². The van der Waals surface area contributed by atoms with Crippen LogP contribution in [0.5, 0.6) is 0 Å². The van der Waals surface area contributed by atoms with Gasteiger partial charge in [0.2, 0.25) is 0 Å². The Labute approximate surface area is 84.8 Å². The summed E-state index contributed by atoms with van der Waals surface area (Å²) in [6, 6.07) is 0. The SMILES string of the molecule is COC(=O)C1CCC(CCC=O)CC1. The van der Waals surface area contributed by atoms with Crippen molar-refractivity contribution < 1.29 is 14.3 Å². The number of rotatable bonds is 4. The van der Waals surface area contributed by atoms with Crippen molar-refractivity contribution in [3.8, 4) is 0 Å². The van der Waals surface area contributed by atoms with E-state index in [2.05, 4.69) is 0 Å². The van der Waals surface area contributed by atoms with Gasteiger partial charge in [0.05, 0.1) is 13.0 Å². The van der Waals surface area contributed by atoms with E-state index in [1.54, 1.807) is 0 Å². The molecule has 0 bridgehead atoms. The van der Waals surface area contributed by atoms with E-state index in [9.17, 15) is 9.59 Å². The lowest BCUT2D eigenvalue weighted by atomic mass is 9.80. The van der Waals surface area contributed by atoms with Gasteiger partial charge in [0.25, 0.3) is 0 Å². The summed E-state index contributed by atoms with van der Waals surface area (Å²) in [4.78, 5) is 21.4. The van der Waals surface area contributed by atoms with Crippen LogP contribution < -0.4 is 0 Å². The van der Waals surface area contributed by atoms with Gasteiger partial charge in [0.1, 0.15) is 6.29 Å². The number of hydrogen-bond acceptors (Lipinski definition) is 3. The third-order valence-electron chi connectivity index (χ3n) is 3.07. The summed E-state index contributed by atoms with van der Waals surface area (Å²) in [5, 5.41) is 0. The summed E-state index contributed by atoms with van der Waals surface area (Å²) in [6.45, 7) is 0. The molecule has 1 saturated carbocycles. The molecule has 14 heavy (non-hydrogen) atoms. The summed E-state index contributed by atoms with van der Waals surface area (Å²) >= 11 is 0. The molecule has 0 saturated heterocycles. The standard InChI is InChI=1S/C11H18O3/c1-14-11(13)10-6-4-9(5-7-10)3-2-8-12/h8-10H,2-7H2,1H3. The molecule has 0 aromatic rings. The van der Waals surface area contributed by atoms with Crippen molar-refractivity contribution in [3.63, 3.8) is 0 Å². The maximum atomic E-state index is 11.2. The predicted octanol–water partition coefficient (Wildman–Crippen LogP) is 1.94. The van der Waals surface area contributed by atoms with E-state index in [1.165, 1.54) is 7.11 Å². The molecule has 0 aliphatic heterocycles. The molecule has 0 radical (unpaired) electrons. The summed E-state index contributed by atoms with van der Waals surface area (Å²) < 4.78 is 4.71. The zero-order chi connectivity index (χ0) is 10.4. The summed E-state index contributed by atoms with van der Waals surface area (Å²) in [5.74, 6) is 0.674. The molecular formula is C11H18O3. The lowest BCUT2D eigenvalue weighted by Gasteiger charge is -2.26. The summed E-state index contributed by atoms with van der Waals surface area (Å²) in [7, 11) is 1.45. The van der Waals surface area contributed by atoms with Gasteiger partial charge in [-0.1, -0.05) is 0 Å². The zero-order valence-corrected chi connectivity index (χ0v) is 8.70. The van der Waals surface area contributed by atoms with E-state index >= 15 is 0 Å². The Kier molecular flexibility index (Phi) is 4.63. The van der Waals surface area contributed by atoms with Crippen LogP contribution in [0, 0.1) is 11.8 Å². The molecule has 0 amide bonds. The van der Waals surface area contributed by atoms with Crippen LogP contribution in [0.1, 0.15) is 38.5 Å². The van der Waals surface area contributed by atoms with Crippen LogP contribution in [-0.2, 0) is 14.3 Å². The maximum Gasteiger partial charge on any atom is 0.308 e. The monoisotopic (exact) mass is 198 g/mol. The normalized spacial score (nSPS) is 26.9. The van der Waals surface area contributed by atoms with E-state index in [-0.39, 0.29) is 11.9 Å². The highest BCUT2D eigenvalue weighted by Crippen LogP contribution is 2.31. The Morgan fingerprint density at radius 3 is 2.50 bits per heavy atom. The third-order valence-corrected chi connectivity index (χ3v) is 3.07. The van der Waals surface area contributed by atoms with Crippen molar-refractivity contribution in [2.75, 3.05) is 7.11 Å². The number of ether oxygens (including phenoxy) is 1. The minimum atomic E-state index is -0.0705. The molecule has 0 unspecified atom stereocenters. The Morgan fingerprint density at radius 2 is 2.00 bits per heavy atom. The van der Waals surface area contributed by atoms with Gasteiger partial charge in [-0.15, -0.1) is 0 Å². The van der Waals surface area contributed by atoms with E-state index in [0.717, 1.165) is 38.4 Å². The fraction of sp³-hybridized carbons (Fsp3) is 0.818. The summed E-state index contributed by atoms with van der Waals surface area (Å²) in [5.41, 5.74) is 0. The highest BCUT2D eigenvalue weighted by atomic mass is 16.5. The van der Waals surface area contributed by atoms with E-state index in [1.807, 2.05) is 0 Å². The molecule has 0 atom stereocenters. The van der Waals surface area contributed by atoms with Gasteiger partial charge in [-0.3, -0.25) is 4.79 Å². The molecule has 1 fully saturated rings. The third kappa shape index (κ3) is 3.13. The maximum absolute atomic E-state index is 11.2. The number of methoxy groups -OCH3 is 1. The first kappa shape index (κ1) is 11.2. The van der Waals surface area contributed by atoms with Gasteiger partial charge in [0, 0.05) is 6.42 Å². The molecule has 0 spiro atoms. The highest BCUT2D eigenvalue weighted by Gasteiger charge is 2.26. The van der Waals surface area contributed by atoms with Gasteiger partial charge in [-0.2, -0.15) is 0 Å². The minimum absolute atomic E-state index is 0.0705. The Bertz CT molecular complexity index is 193. The van der Waals surface area contributed by atoms with Gasteiger partial charge in [-0.05, 0) is 38.0 Å².